The van der Waals surface area contributed by atoms with E-state index in [1.165, 1.54) is 0 Å². The number of hydrogen-bond acceptors (Lipinski definition) is 2. The van der Waals surface area contributed by atoms with E-state index in [-0.39, 0.29) is 0 Å². The van der Waals surface area contributed by atoms with Gasteiger partial charge in [0.2, 0.25) is 0 Å². The average Bonchev–Trinajstić information content (AvgIpc) is 2.41. The summed E-state index contributed by atoms with van der Waals surface area (Å²) in [6, 6.07) is 0. The highest BCUT2D eigenvalue weighted by molar-refractivity contribution is 7.87. The van der Waals surface area contributed by atoms with Crippen molar-refractivity contribution in [1.82, 2.24) is 0 Å². The largest absolute Gasteiger partial charge is 0.438 e. The first-order chi connectivity index (χ1) is 12.5. The van der Waals surface area contributed by atoms with Crippen LogP contribution in [0.3, 0.4) is 0 Å². The summed E-state index contributed by atoms with van der Waals surface area (Å²) in [6.07, 6.45) is -10.9. The Labute approximate surface area is 152 Å². The van der Waals surface area contributed by atoms with Gasteiger partial charge < -0.3 is 0 Å². The minimum Gasteiger partial charge on any atom is -0.281 e. The summed E-state index contributed by atoms with van der Waals surface area (Å²) in [6.45, 7) is 0. The maximum atomic E-state index is 13.2. The molecule has 0 radical (unpaired) electrons. The topological polar surface area (TPSA) is 54.4 Å². The molecule has 0 unspecified atom stereocenters. The molecule has 0 aliphatic carbocycles. The predicted molar refractivity (Wildman–Crippen MR) is 56.8 cm³/mol. The molecule has 0 aromatic carbocycles. The first-order valence-corrected chi connectivity index (χ1v) is 7.58. The molecular weight excluding hydrogens is 511 g/mol. The van der Waals surface area contributed by atoms with Gasteiger partial charge in [-0.2, -0.15) is 83.1 Å². The number of alkyl halides is 17. The van der Waals surface area contributed by atoms with E-state index in [9.17, 15) is 83.1 Å². The Hall–Kier alpha value is -1.28. The summed E-state index contributed by atoms with van der Waals surface area (Å²) >= 11 is 0. The van der Waals surface area contributed by atoms with Crippen LogP contribution in [0.25, 0.3) is 0 Å². The molecular formula is C9H3F17O3S. The molecule has 0 fully saturated rings. The second kappa shape index (κ2) is 6.86. The summed E-state index contributed by atoms with van der Waals surface area (Å²) in [5, 5.41) is -7.80. The van der Waals surface area contributed by atoms with Crippen molar-refractivity contribution in [2.24, 2.45) is 0 Å². The van der Waals surface area contributed by atoms with Crippen molar-refractivity contribution < 1.29 is 87.6 Å². The van der Waals surface area contributed by atoms with Crippen molar-refractivity contribution in [3.8, 4) is 0 Å². The van der Waals surface area contributed by atoms with Gasteiger partial charge >= 0.3 is 57.1 Å². The van der Waals surface area contributed by atoms with Crippen molar-refractivity contribution in [2.45, 2.75) is 53.4 Å². The number of rotatable bonds is 8. The van der Waals surface area contributed by atoms with Crippen molar-refractivity contribution in [2.75, 3.05) is 0 Å². The zero-order chi connectivity index (χ0) is 25.2. The van der Waals surface area contributed by atoms with Crippen LogP contribution in [0.4, 0.5) is 74.6 Å². The van der Waals surface area contributed by atoms with Gasteiger partial charge in [-0.15, -0.1) is 0 Å². The van der Waals surface area contributed by atoms with Crippen LogP contribution in [0, 0.1) is 0 Å². The van der Waals surface area contributed by atoms with Gasteiger partial charge in [-0.05, 0) is 0 Å². The zero-order valence-electron chi connectivity index (χ0n) is 12.8. The maximum absolute atomic E-state index is 13.2. The Bertz CT molecular complexity index is 749. The molecule has 0 amide bonds. The molecule has 21 heteroatoms. The second-order valence-corrected chi connectivity index (χ2v) is 6.82. The molecule has 0 aromatic heterocycles. The van der Waals surface area contributed by atoms with Gasteiger partial charge in [-0.1, -0.05) is 0 Å². The Kier molecular flexibility index (Phi) is 6.57. The lowest BCUT2D eigenvalue weighted by Crippen LogP contribution is -2.73. The van der Waals surface area contributed by atoms with E-state index in [4.69, 9.17) is 4.55 Å². The highest BCUT2D eigenvalue weighted by Crippen LogP contribution is 2.63. The highest BCUT2D eigenvalue weighted by Gasteiger charge is 2.94. The normalized spacial score (nSPS) is 16.7. The van der Waals surface area contributed by atoms with Crippen LogP contribution < -0.4 is 0 Å². The molecule has 0 saturated carbocycles. The van der Waals surface area contributed by atoms with E-state index in [2.05, 4.69) is 0 Å². The molecule has 0 spiro atoms. The Morgan fingerprint density at radius 3 is 1.03 bits per heavy atom. The highest BCUT2D eigenvalue weighted by atomic mass is 32.2. The van der Waals surface area contributed by atoms with Crippen LogP contribution in [0.5, 0.6) is 0 Å². The molecule has 0 heterocycles. The van der Waals surface area contributed by atoms with Crippen LogP contribution in [0.1, 0.15) is 6.42 Å². The minimum absolute atomic E-state index is 4.39. The van der Waals surface area contributed by atoms with Gasteiger partial charge in [0.05, 0.1) is 0 Å². The van der Waals surface area contributed by atoms with Crippen LogP contribution in [0.2, 0.25) is 0 Å². The van der Waals surface area contributed by atoms with Gasteiger partial charge in [-0.25, -0.2) is 0 Å². The molecule has 0 saturated heterocycles. The van der Waals surface area contributed by atoms with E-state index >= 15 is 0 Å². The van der Waals surface area contributed by atoms with Gasteiger partial charge in [0.15, 0.2) is 0 Å². The number of halogens is 17. The molecule has 3 nitrogen and oxygen atoms in total. The third kappa shape index (κ3) is 3.85. The molecule has 0 aliphatic rings. The first-order valence-electron chi connectivity index (χ1n) is 6.14. The van der Waals surface area contributed by atoms with E-state index in [1.54, 1.807) is 0 Å². The predicted octanol–water partition coefficient (Wildman–Crippen LogP) is 5.23. The maximum Gasteiger partial charge on any atom is 0.438 e. The molecule has 0 rings (SSSR count). The van der Waals surface area contributed by atoms with E-state index in [0.29, 0.717) is 0 Å². The average molecular weight is 514 g/mol. The van der Waals surface area contributed by atoms with E-state index in [1.807, 2.05) is 0 Å². The third-order valence-electron chi connectivity index (χ3n) is 3.15. The fourth-order valence-electron chi connectivity index (χ4n) is 1.53. The lowest BCUT2D eigenvalue weighted by Gasteiger charge is -2.42. The molecule has 0 aromatic rings. The Morgan fingerprint density at radius 1 is 0.500 bits per heavy atom. The van der Waals surface area contributed by atoms with Crippen molar-refractivity contribution in [3.63, 3.8) is 0 Å². The smallest absolute Gasteiger partial charge is 0.281 e. The molecule has 30 heavy (non-hydrogen) atoms. The third-order valence-corrected chi connectivity index (χ3v) is 4.05. The quantitative estimate of drug-likeness (QED) is 0.357. The molecule has 182 valence electrons. The van der Waals surface area contributed by atoms with Gasteiger partial charge in [0, 0.05) is 0 Å². The van der Waals surface area contributed by atoms with Crippen LogP contribution >= 0.6 is 0 Å². The van der Waals surface area contributed by atoms with Crippen molar-refractivity contribution in [1.29, 1.82) is 0 Å². The van der Waals surface area contributed by atoms with Crippen LogP contribution in [-0.2, 0) is 10.1 Å². The van der Waals surface area contributed by atoms with Gasteiger partial charge in [0.1, 0.15) is 6.42 Å². The zero-order valence-corrected chi connectivity index (χ0v) is 13.6. The van der Waals surface area contributed by atoms with Gasteiger partial charge in [0.25, 0.3) is 0 Å². The second-order valence-electron chi connectivity index (χ2n) is 5.36. The lowest BCUT2D eigenvalue weighted by atomic mass is 9.90. The summed E-state index contributed by atoms with van der Waals surface area (Å²) in [5.41, 5.74) is 0. The van der Waals surface area contributed by atoms with E-state index < -0.39 is 63.5 Å². The fourth-order valence-corrected chi connectivity index (χ4v) is 1.98. The fraction of sp³-hybridized carbons (Fsp3) is 1.00. The molecule has 1 N–H and O–H groups in total. The summed E-state index contributed by atoms with van der Waals surface area (Å²) in [5.74, 6) is -50.1. The van der Waals surface area contributed by atoms with Crippen molar-refractivity contribution >= 4 is 10.1 Å². The summed E-state index contributed by atoms with van der Waals surface area (Å²) in [7, 11) is -7.86. The van der Waals surface area contributed by atoms with Crippen LogP contribution in [0.15, 0.2) is 0 Å². The standard InChI is InChI=1S/C9H3F17O3S/c10-2(11,1-3(12,13)14)4(15,16)5(17,18)6(19,20)7(21,22)8(23,24)9(25,26)30(27,28)29/h1H2,(H,27,28,29). The SMILES string of the molecule is O=S(=O)(O)C(F)(F)C(F)(F)C(F)(F)C(F)(F)C(F)(F)C(F)(F)C(F)(F)CC(F)(F)F. The molecule has 0 atom stereocenters. The molecule has 0 aliphatic heterocycles. The first kappa shape index (κ1) is 28.7. The number of hydrogen-bond donors (Lipinski definition) is 1. The Morgan fingerprint density at radius 2 is 0.767 bits per heavy atom. The van der Waals surface area contributed by atoms with E-state index in [0.717, 1.165) is 0 Å². The summed E-state index contributed by atoms with van der Waals surface area (Å²) in [4.78, 5) is 0. The van der Waals surface area contributed by atoms with Gasteiger partial charge in [-0.3, -0.25) is 4.55 Å². The van der Waals surface area contributed by atoms with Crippen LogP contribution in [-0.4, -0.2) is 59.9 Å². The lowest BCUT2D eigenvalue weighted by molar-refractivity contribution is -0.439. The Balaban J connectivity index is 6.77. The summed E-state index contributed by atoms with van der Waals surface area (Å²) < 4.78 is 245. The van der Waals surface area contributed by atoms with Crippen molar-refractivity contribution in [3.05, 3.63) is 0 Å². The minimum atomic E-state index is -8.75. The molecule has 0 bridgehead atoms. The monoisotopic (exact) mass is 514 g/mol.